The first-order chi connectivity index (χ1) is 42.7. The van der Waals surface area contributed by atoms with E-state index in [0.29, 0.717) is 25.7 Å². The second-order valence-electron chi connectivity index (χ2n) is 26.7. The normalized spacial score (nSPS) is 14.2. The Hall–Kier alpha value is -1.94. The predicted octanol–water partition coefficient (Wildman–Crippen LogP) is 19.8. The SMILES string of the molecule is CCCCCCCCCCC(=O)OC[C@H](COP(=O)(O)OC[C@H](O)COP(=O)(O)OC[C@@H](COC(=O)CCCCCCCCCCC(C)C)OC(=O)CCCCCCCCCCCCCCCCCCC(C)C)OC(=O)CCCCCCCCCCC(C)C. The van der Waals surface area contributed by atoms with Crippen LogP contribution >= 0.6 is 15.6 Å². The molecule has 0 rings (SSSR count). The lowest BCUT2D eigenvalue weighted by atomic mass is 10.0. The van der Waals surface area contributed by atoms with Crippen LogP contribution in [0.4, 0.5) is 0 Å². The van der Waals surface area contributed by atoms with E-state index in [4.69, 9.17) is 37.0 Å². The van der Waals surface area contributed by atoms with Crippen molar-refractivity contribution in [2.24, 2.45) is 17.8 Å². The molecule has 0 saturated heterocycles. The molecule has 0 aromatic carbocycles. The van der Waals surface area contributed by atoms with E-state index in [1.54, 1.807) is 0 Å². The molecule has 2 unspecified atom stereocenters. The molecule has 0 aromatic rings. The van der Waals surface area contributed by atoms with Crippen LogP contribution in [-0.4, -0.2) is 96.7 Å². The minimum Gasteiger partial charge on any atom is -0.462 e. The first-order valence-corrected chi connectivity index (χ1v) is 39.3. The predicted molar refractivity (Wildman–Crippen MR) is 358 cm³/mol. The third-order valence-electron chi connectivity index (χ3n) is 16.1. The number of aliphatic hydroxyl groups excluding tert-OH is 1. The third kappa shape index (κ3) is 64.6. The van der Waals surface area contributed by atoms with Gasteiger partial charge in [0.05, 0.1) is 26.4 Å². The molecular weight excluding hydrogens is 1170 g/mol. The van der Waals surface area contributed by atoms with E-state index in [1.165, 1.54) is 154 Å². The fraction of sp³-hybridized carbons (Fsp3) is 0.943. The first-order valence-electron chi connectivity index (χ1n) is 36.3. The monoisotopic (exact) mass is 1310 g/mol. The summed E-state index contributed by atoms with van der Waals surface area (Å²) in [5.74, 6) is 0.123. The van der Waals surface area contributed by atoms with Gasteiger partial charge in [-0.3, -0.25) is 37.3 Å². The van der Waals surface area contributed by atoms with Gasteiger partial charge in [-0.25, -0.2) is 9.13 Å². The summed E-state index contributed by atoms with van der Waals surface area (Å²) in [5.41, 5.74) is 0. The van der Waals surface area contributed by atoms with Crippen molar-refractivity contribution in [2.45, 2.75) is 369 Å². The highest BCUT2D eigenvalue weighted by Crippen LogP contribution is 2.45. The molecule has 0 heterocycles. The first kappa shape index (κ1) is 87.1. The zero-order chi connectivity index (χ0) is 65.9. The number of hydrogen-bond acceptors (Lipinski definition) is 15. The van der Waals surface area contributed by atoms with Crippen molar-refractivity contribution in [3.05, 3.63) is 0 Å². The Morgan fingerprint density at radius 2 is 0.517 bits per heavy atom. The maximum Gasteiger partial charge on any atom is 0.472 e. The van der Waals surface area contributed by atoms with E-state index < -0.39 is 97.5 Å². The molecule has 17 nitrogen and oxygen atoms in total. The fourth-order valence-electron chi connectivity index (χ4n) is 10.5. The van der Waals surface area contributed by atoms with E-state index in [0.717, 1.165) is 114 Å². The van der Waals surface area contributed by atoms with Gasteiger partial charge >= 0.3 is 39.5 Å². The van der Waals surface area contributed by atoms with Gasteiger partial charge in [-0.05, 0) is 43.4 Å². The average molecular weight is 1310 g/mol. The van der Waals surface area contributed by atoms with Crippen molar-refractivity contribution in [1.82, 2.24) is 0 Å². The third-order valence-corrected chi connectivity index (χ3v) is 18.0. The Morgan fingerprint density at radius 1 is 0.303 bits per heavy atom. The molecule has 5 atom stereocenters. The Balaban J connectivity index is 5.18. The van der Waals surface area contributed by atoms with Gasteiger partial charge in [0.15, 0.2) is 12.2 Å². The summed E-state index contributed by atoms with van der Waals surface area (Å²) in [7, 11) is -9.90. The number of aliphatic hydroxyl groups is 1. The summed E-state index contributed by atoms with van der Waals surface area (Å²) in [6.45, 7) is 11.8. The smallest absolute Gasteiger partial charge is 0.462 e. The summed E-state index contributed by atoms with van der Waals surface area (Å²) < 4.78 is 68.2. The van der Waals surface area contributed by atoms with E-state index in [2.05, 4.69) is 48.5 Å². The number of esters is 4. The highest BCUT2D eigenvalue weighted by atomic mass is 31.2. The number of phosphoric acid groups is 2. The maximum absolute atomic E-state index is 13.0. The van der Waals surface area contributed by atoms with E-state index in [9.17, 15) is 43.2 Å². The van der Waals surface area contributed by atoms with Crippen molar-refractivity contribution >= 4 is 39.5 Å². The van der Waals surface area contributed by atoms with Crippen LogP contribution in [0.1, 0.15) is 350 Å². The molecule has 0 bridgehead atoms. The molecule has 89 heavy (non-hydrogen) atoms. The van der Waals surface area contributed by atoms with Gasteiger partial charge in [0.1, 0.15) is 19.3 Å². The largest absolute Gasteiger partial charge is 0.472 e. The summed E-state index contributed by atoms with van der Waals surface area (Å²) in [6, 6.07) is 0. The number of carbonyl (C=O) groups excluding carboxylic acids is 4. The second kappa shape index (κ2) is 61.0. The van der Waals surface area contributed by atoms with Crippen LogP contribution in [0, 0.1) is 17.8 Å². The number of rotatable bonds is 68. The van der Waals surface area contributed by atoms with Crippen LogP contribution in [0.2, 0.25) is 0 Å². The number of hydrogen-bond donors (Lipinski definition) is 3. The maximum atomic E-state index is 13.0. The highest BCUT2D eigenvalue weighted by Gasteiger charge is 2.30. The Morgan fingerprint density at radius 3 is 0.764 bits per heavy atom. The van der Waals surface area contributed by atoms with Crippen molar-refractivity contribution < 1.29 is 80.2 Å². The van der Waals surface area contributed by atoms with Crippen molar-refractivity contribution in [3.8, 4) is 0 Å². The van der Waals surface area contributed by atoms with Crippen LogP contribution in [0.15, 0.2) is 0 Å². The van der Waals surface area contributed by atoms with Crippen LogP contribution in [0.25, 0.3) is 0 Å². The molecule has 0 fully saturated rings. The molecule has 0 radical (unpaired) electrons. The molecule has 528 valence electrons. The van der Waals surface area contributed by atoms with Gasteiger partial charge < -0.3 is 33.8 Å². The molecule has 0 saturated carbocycles. The molecular formula is C70H136O17P2. The molecule has 3 N–H and O–H groups in total. The second-order valence-corrected chi connectivity index (χ2v) is 29.6. The summed E-state index contributed by atoms with van der Waals surface area (Å²) in [5, 5.41) is 10.6. The van der Waals surface area contributed by atoms with Crippen molar-refractivity contribution in [3.63, 3.8) is 0 Å². The lowest BCUT2D eigenvalue weighted by Crippen LogP contribution is -2.30. The van der Waals surface area contributed by atoms with Crippen molar-refractivity contribution in [1.29, 1.82) is 0 Å². The fourth-order valence-corrected chi connectivity index (χ4v) is 12.1. The molecule has 0 aliphatic rings. The molecule has 0 amide bonds. The number of phosphoric ester groups is 2. The van der Waals surface area contributed by atoms with Crippen LogP contribution in [0.5, 0.6) is 0 Å². The van der Waals surface area contributed by atoms with Gasteiger partial charge in [-0.1, -0.05) is 299 Å². The number of carbonyl (C=O) groups is 4. The van der Waals surface area contributed by atoms with E-state index in [-0.39, 0.29) is 25.7 Å². The van der Waals surface area contributed by atoms with Gasteiger partial charge in [0, 0.05) is 25.7 Å². The van der Waals surface area contributed by atoms with Gasteiger partial charge in [-0.15, -0.1) is 0 Å². The van der Waals surface area contributed by atoms with Crippen molar-refractivity contribution in [2.75, 3.05) is 39.6 Å². The Kier molecular flexibility index (Phi) is 59.6. The molecule has 0 aliphatic heterocycles. The van der Waals surface area contributed by atoms with E-state index >= 15 is 0 Å². The quantitative estimate of drug-likeness (QED) is 0.0222. The number of unbranched alkanes of at least 4 members (excludes halogenated alkanes) is 36. The summed E-state index contributed by atoms with van der Waals surface area (Å²) in [4.78, 5) is 72.4. The average Bonchev–Trinajstić information content (AvgIpc) is 3.59. The Labute approximate surface area is 543 Å². The minimum absolute atomic E-state index is 0.104. The standard InChI is InChI=1S/C70H136O17P2/c1-8-9-10-11-12-30-37-44-51-67(72)80-57-65(87-70(75)54-47-40-33-26-24-29-36-43-50-63(6)7)59-84-88(76,77)82-55-64(71)56-83-89(78,79)85-60-66(58-81-68(73)52-45-38-31-25-23-28-35-42-49-62(4)5)86-69(74)53-46-39-32-22-20-18-16-14-13-15-17-19-21-27-34-41-48-61(2)3/h61-66,71H,8-60H2,1-7H3,(H,76,77)(H,78,79)/t64-,65+,66+/m0/s1. The zero-order valence-electron chi connectivity index (χ0n) is 57.9. The summed E-state index contributed by atoms with van der Waals surface area (Å²) >= 11 is 0. The molecule has 19 heteroatoms. The highest BCUT2D eigenvalue weighted by molar-refractivity contribution is 7.47. The lowest BCUT2D eigenvalue weighted by Gasteiger charge is -2.21. The number of ether oxygens (including phenoxy) is 4. The van der Waals surface area contributed by atoms with Crippen LogP contribution in [0.3, 0.4) is 0 Å². The van der Waals surface area contributed by atoms with E-state index in [1.807, 2.05) is 0 Å². The lowest BCUT2D eigenvalue weighted by molar-refractivity contribution is -0.161. The van der Waals surface area contributed by atoms with Crippen LogP contribution in [-0.2, 0) is 65.4 Å². The van der Waals surface area contributed by atoms with Crippen LogP contribution < -0.4 is 0 Å². The van der Waals surface area contributed by atoms with Gasteiger partial charge in [0.25, 0.3) is 0 Å². The molecule has 0 spiro atoms. The zero-order valence-corrected chi connectivity index (χ0v) is 59.7. The summed E-state index contributed by atoms with van der Waals surface area (Å²) in [6.07, 6.45) is 44.6. The van der Waals surface area contributed by atoms with Gasteiger partial charge in [-0.2, -0.15) is 0 Å². The topological polar surface area (TPSA) is 237 Å². The Bertz CT molecular complexity index is 1750. The minimum atomic E-state index is -4.95. The molecule has 0 aliphatic carbocycles. The van der Waals surface area contributed by atoms with Gasteiger partial charge in [0.2, 0.25) is 0 Å². The molecule has 0 aromatic heterocycles.